The summed E-state index contributed by atoms with van der Waals surface area (Å²) in [6, 6.07) is 22.5. The number of primary amides is 1. The van der Waals surface area contributed by atoms with E-state index in [4.69, 9.17) is 20.3 Å². The van der Waals surface area contributed by atoms with Crippen LogP contribution in [0.3, 0.4) is 0 Å². The first-order valence-corrected chi connectivity index (χ1v) is 13.0. The van der Waals surface area contributed by atoms with Crippen molar-refractivity contribution in [1.29, 1.82) is 0 Å². The van der Waals surface area contributed by atoms with E-state index in [1.807, 2.05) is 60.7 Å². The summed E-state index contributed by atoms with van der Waals surface area (Å²) in [5.74, 6) is -0.804. The highest BCUT2D eigenvalue weighted by Crippen LogP contribution is 2.32. The summed E-state index contributed by atoms with van der Waals surface area (Å²) >= 11 is 0. The van der Waals surface area contributed by atoms with Crippen molar-refractivity contribution in [2.75, 3.05) is 44.8 Å². The molecule has 0 atom stereocenters. The monoisotopic (exact) mass is 557 g/mol. The van der Waals surface area contributed by atoms with Crippen LogP contribution in [0.2, 0.25) is 0 Å². The minimum atomic E-state index is -1.09. The summed E-state index contributed by atoms with van der Waals surface area (Å²) in [4.78, 5) is 39.5. The van der Waals surface area contributed by atoms with Gasteiger partial charge in [-0.2, -0.15) is 0 Å². The van der Waals surface area contributed by atoms with E-state index in [0.717, 1.165) is 22.2 Å². The first kappa shape index (κ1) is 29.0. The predicted octanol–water partition coefficient (Wildman–Crippen LogP) is 3.77. The number of carbonyl (C=O) groups excluding carboxylic acids is 2. The molecule has 0 saturated heterocycles. The van der Waals surface area contributed by atoms with Gasteiger partial charge in [0.1, 0.15) is 0 Å². The maximum Gasteiger partial charge on any atom is 0.404 e. The van der Waals surface area contributed by atoms with Crippen molar-refractivity contribution in [2.45, 2.75) is 0 Å². The molecule has 0 fully saturated rings. The van der Waals surface area contributed by atoms with Gasteiger partial charge in [-0.05, 0) is 47.5 Å². The van der Waals surface area contributed by atoms with Crippen LogP contribution in [0.15, 0.2) is 79.0 Å². The molecule has 11 heteroatoms. The molecule has 1 aromatic heterocycles. The maximum absolute atomic E-state index is 12.5. The molecule has 0 aliphatic carbocycles. The van der Waals surface area contributed by atoms with E-state index in [-0.39, 0.29) is 24.6 Å². The Balaban J connectivity index is 1.36. The molecule has 4 rings (SSSR count). The number of hydrogen-bond donors (Lipinski definition) is 5. The van der Waals surface area contributed by atoms with Crippen molar-refractivity contribution in [3.63, 3.8) is 0 Å². The van der Waals surface area contributed by atoms with Crippen LogP contribution in [0.5, 0.6) is 0 Å². The molecular formula is C30H31N5O6. The normalized spacial score (nSPS) is 10.7. The van der Waals surface area contributed by atoms with E-state index in [2.05, 4.69) is 20.9 Å². The quantitative estimate of drug-likeness (QED) is 0.146. The molecule has 0 unspecified atom stereocenters. The lowest BCUT2D eigenvalue weighted by Gasteiger charge is -2.14. The second-order valence-electron chi connectivity index (χ2n) is 8.92. The Morgan fingerprint density at radius 2 is 1.46 bits per heavy atom. The number of pyridine rings is 1. The average molecular weight is 558 g/mol. The number of carbonyl (C=O) groups is 3. The smallest absolute Gasteiger partial charge is 0.404 e. The van der Waals surface area contributed by atoms with Gasteiger partial charge in [-0.3, -0.25) is 14.6 Å². The summed E-state index contributed by atoms with van der Waals surface area (Å²) in [5, 5.41) is 17.5. The predicted molar refractivity (Wildman–Crippen MR) is 155 cm³/mol. The fourth-order valence-corrected chi connectivity index (χ4v) is 4.06. The summed E-state index contributed by atoms with van der Waals surface area (Å²) in [5.41, 5.74) is 10.3. The summed E-state index contributed by atoms with van der Waals surface area (Å²) in [7, 11) is 0. The number of para-hydroxylation sites is 1. The lowest BCUT2D eigenvalue weighted by atomic mass is 10.00. The highest BCUT2D eigenvalue weighted by molar-refractivity contribution is 6.08. The molecule has 3 aromatic carbocycles. The average Bonchev–Trinajstić information content (AvgIpc) is 2.98. The van der Waals surface area contributed by atoms with Crippen LogP contribution in [0.1, 0.15) is 20.7 Å². The van der Waals surface area contributed by atoms with Crippen molar-refractivity contribution in [3.05, 3.63) is 90.1 Å². The fourth-order valence-electron chi connectivity index (χ4n) is 4.06. The maximum atomic E-state index is 12.5. The standard InChI is InChI=1S/C30H31N5O6/c31-28(36)25-19-34-26-11-10-22(18-24(26)27(25)35-23-4-2-1-3-5-23)20-6-8-21(9-7-20)29(37)32-12-14-40-16-17-41-15-13-33-30(38)39/h1-11,18-19,33H,12-17H2,(H2,31,36)(H,32,37)(H,34,35)(H,38,39). The number of nitrogens with two attached hydrogens (primary N) is 1. The van der Waals surface area contributed by atoms with Crippen LogP contribution in [-0.2, 0) is 9.47 Å². The number of ether oxygens (including phenoxy) is 2. The van der Waals surface area contributed by atoms with Crippen LogP contribution in [0, 0.1) is 0 Å². The lowest BCUT2D eigenvalue weighted by molar-refractivity contribution is 0.0493. The van der Waals surface area contributed by atoms with Gasteiger partial charge < -0.3 is 36.3 Å². The topological polar surface area (TPSA) is 165 Å². The fraction of sp³-hybridized carbons (Fsp3) is 0.200. The number of aromatic nitrogens is 1. The minimum Gasteiger partial charge on any atom is -0.465 e. The molecule has 0 aliphatic rings. The molecule has 41 heavy (non-hydrogen) atoms. The molecule has 4 aromatic rings. The second-order valence-corrected chi connectivity index (χ2v) is 8.92. The van der Waals surface area contributed by atoms with Gasteiger partial charge in [0.2, 0.25) is 0 Å². The summed E-state index contributed by atoms with van der Waals surface area (Å²) in [6.45, 7) is 1.79. The van der Waals surface area contributed by atoms with Crippen molar-refractivity contribution in [1.82, 2.24) is 15.6 Å². The van der Waals surface area contributed by atoms with Crippen molar-refractivity contribution in [2.24, 2.45) is 5.73 Å². The van der Waals surface area contributed by atoms with E-state index in [0.29, 0.717) is 43.1 Å². The number of rotatable bonds is 14. The number of amides is 3. The van der Waals surface area contributed by atoms with Gasteiger partial charge in [-0.1, -0.05) is 36.4 Å². The minimum absolute atomic E-state index is 0.213. The van der Waals surface area contributed by atoms with Crippen LogP contribution in [0.25, 0.3) is 22.0 Å². The van der Waals surface area contributed by atoms with E-state index in [1.54, 1.807) is 12.1 Å². The van der Waals surface area contributed by atoms with E-state index in [9.17, 15) is 14.4 Å². The molecule has 1 heterocycles. The van der Waals surface area contributed by atoms with Gasteiger partial charge in [0, 0.05) is 35.9 Å². The van der Waals surface area contributed by atoms with Gasteiger partial charge >= 0.3 is 6.09 Å². The van der Waals surface area contributed by atoms with Crippen LogP contribution in [-0.4, -0.2) is 67.5 Å². The van der Waals surface area contributed by atoms with Crippen molar-refractivity contribution >= 4 is 40.2 Å². The van der Waals surface area contributed by atoms with Gasteiger partial charge in [0.25, 0.3) is 11.8 Å². The zero-order valence-electron chi connectivity index (χ0n) is 22.3. The van der Waals surface area contributed by atoms with E-state index < -0.39 is 12.0 Å². The Bertz CT molecular complexity index is 1500. The number of nitrogens with one attached hydrogen (secondary N) is 3. The van der Waals surface area contributed by atoms with Crippen LogP contribution >= 0.6 is 0 Å². The van der Waals surface area contributed by atoms with Gasteiger partial charge in [-0.15, -0.1) is 0 Å². The Morgan fingerprint density at radius 1 is 0.805 bits per heavy atom. The van der Waals surface area contributed by atoms with Crippen LogP contribution in [0.4, 0.5) is 16.2 Å². The Hall–Kier alpha value is -5.00. The number of anilines is 2. The third-order valence-corrected chi connectivity index (χ3v) is 6.08. The third-order valence-electron chi connectivity index (χ3n) is 6.08. The van der Waals surface area contributed by atoms with E-state index >= 15 is 0 Å². The summed E-state index contributed by atoms with van der Waals surface area (Å²) in [6.07, 6.45) is 0.386. The summed E-state index contributed by atoms with van der Waals surface area (Å²) < 4.78 is 10.7. The molecule has 3 amide bonds. The number of nitrogens with zero attached hydrogens (tertiary/aromatic N) is 1. The Morgan fingerprint density at radius 3 is 2.12 bits per heavy atom. The molecule has 0 spiro atoms. The molecule has 11 nitrogen and oxygen atoms in total. The second kappa shape index (κ2) is 14.4. The Kier molecular flexibility index (Phi) is 10.2. The van der Waals surface area contributed by atoms with Gasteiger partial charge in [-0.25, -0.2) is 4.79 Å². The Labute approximate surface area is 236 Å². The van der Waals surface area contributed by atoms with Gasteiger partial charge in [0.15, 0.2) is 0 Å². The molecular weight excluding hydrogens is 526 g/mol. The molecule has 0 radical (unpaired) electrons. The SMILES string of the molecule is NC(=O)c1cnc2ccc(-c3ccc(C(=O)NCCOCCOCCNC(=O)O)cc3)cc2c1Nc1ccccc1. The zero-order chi connectivity index (χ0) is 29.0. The molecule has 0 bridgehead atoms. The highest BCUT2D eigenvalue weighted by Gasteiger charge is 2.15. The molecule has 0 saturated carbocycles. The van der Waals surface area contributed by atoms with Gasteiger partial charge in [0.05, 0.1) is 43.2 Å². The van der Waals surface area contributed by atoms with Crippen LogP contribution < -0.4 is 21.7 Å². The highest BCUT2D eigenvalue weighted by atomic mass is 16.5. The molecule has 0 aliphatic heterocycles. The first-order valence-electron chi connectivity index (χ1n) is 13.0. The molecule has 6 N–H and O–H groups in total. The first-order chi connectivity index (χ1) is 19.9. The van der Waals surface area contributed by atoms with E-state index in [1.165, 1.54) is 6.20 Å². The third kappa shape index (κ3) is 8.24. The number of hydrogen-bond acceptors (Lipinski definition) is 7. The number of carboxylic acid groups (broad SMARTS) is 1. The number of benzene rings is 3. The lowest BCUT2D eigenvalue weighted by Crippen LogP contribution is -2.28. The zero-order valence-corrected chi connectivity index (χ0v) is 22.3. The molecule has 212 valence electrons. The van der Waals surface area contributed by atoms with Crippen molar-refractivity contribution in [3.8, 4) is 11.1 Å². The largest absolute Gasteiger partial charge is 0.465 e. The number of fused-ring (bicyclic) bond motifs is 1. The van der Waals surface area contributed by atoms with Crippen molar-refractivity contribution < 1.29 is 29.0 Å².